The second kappa shape index (κ2) is 5.27. The van der Waals surface area contributed by atoms with Gasteiger partial charge < -0.3 is 0 Å². The molecule has 0 aliphatic heterocycles. The van der Waals surface area contributed by atoms with Gasteiger partial charge in [0, 0.05) is 0 Å². The van der Waals surface area contributed by atoms with E-state index in [1.165, 1.54) is 13.8 Å². The Morgan fingerprint density at radius 1 is 0.944 bits per heavy atom. The lowest BCUT2D eigenvalue weighted by Crippen LogP contribution is -2.29. The van der Waals surface area contributed by atoms with Gasteiger partial charge in [-0.15, -0.1) is 0 Å². The van der Waals surface area contributed by atoms with Crippen LogP contribution in [0.5, 0.6) is 0 Å². The third kappa shape index (κ3) is 2.56. The van der Waals surface area contributed by atoms with Crippen LogP contribution in [0, 0.1) is 0 Å². The van der Waals surface area contributed by atoms with Crippen molar-refractivity contribution in [3.8, 4) is 0 Å². The summed E-state index contributed by atoms with van der Waals surface area (Å²) in [7, 11) is 0.211. The van der Waals surface area contributed by atoms with Crippen LogP contribution in [0.15, 0.2) is 42.5 Å². The van der Waals surface area contributed by atoms with Crippen LogP contribution in [0.1, 0.15) is 13.8 Å². The first-order chi connectivity index (χ1) is 8.59. The second-order valence-corrected chi connectivity index (χ2v) is 5.73. The molecule has 0 amide bonds. The summed E-state index contributed by atoms with van der Waals surface area (Å²) in [4.78, 5) is 23.0. The zero-order valence-electron chi connectivity index (χ0n) is 10.4. The van der Waals surface area contributed by atoms with E-state index in [0.29, 0.717) is 0 Å². The van der Waals surface area contributed by atoms with Gasteiger partial charge in [0.25, 0.3) is 0 Å². The third-order valence-electron chi connectivity index (χ3n) is 2.90. The maximum Gasteiger partial charge on any atom is 0.137 e. The molecule has 18 heavy (non-hydrogen) atoms. The van der Waals surface area contributed by atoms with Crippen molar-refractivity contribution in [2.45, 2.75) is 19.4 Å². The monoisotopic (exact) mass is 254 g/mol. The number of ketones is 2. The molecule has 90 valence electrons. The third-order valence-corrected chi connectivity index (χ3v) is 4.75. The molecular weight excluding hydrogens is 240 g/mol. The van der Waals surface area contributed by atoms with Crippen molar-refractivity contribution in [3.63, 3.8) is 0 Å². The summed E-state index contributed by atoms with van der Waals surface area (Å²) >= 11 is 0. The molecule has 2 aromatic rings. The van der Waals surface area contributed by atoms with Crippen molar-refractivity contribution in [1.29, 1.82) is 0 Å². The van der Waals surface area contributed by atoms with Gasteiger partial charge in [-0.1, -0.05) is 47.7 Å². The Kier molecular flexibility index (Phi) is 3.72. The Morgan fingerprint density at radius 3 is 2.22 bits per heavy atom. The molecule has 0 spiro atoms. The number of carbonyl (C=O) groups is 2. The first kappa shape index (κ1) is 12.7. The Labute approximate surface area is 109 Å². The fourth-order valence-corrected chi connectivity index (χ4v) is 3.29. The summed E-state index contributed by atoms with van der Waals surface area (Å²) in [6.45, 7) is 2.98. The van der Waals surface area contributed by atoms with Gasteiger partial charge >= 0.3 is 0 Å². The number of Topliss-reactive ketones (excluding diaryl/α,β-unsaturated/α-hetero) is 2. The minimum absolute atomic E-state index is 0.0474. The number of benzene rings is 2. The fraction of sp³-hybridized carbons (Fsp3) is 0.200. The molecule has 0 unspecified atom stereocenters. The summed E-state index contributed by atoms with van der Waals surface area (Å²) in [5.41, 5.74) is -0.490. The van der Waals surface area contributed by atoms with Gasteiger partial charge in [0.2, 0.25) is 0 Å². The van der Waals surface area contributed by atoms with Crippen molar-refractivity contribution >= 4 is 37.0 Å². The number of fused-ring (bicyclic) bond motifs is 1. The minimum atomic E-state index is -0.490. The maximum absolute atomic E-state index is 11.5. The number of carbonyl (C=O) groups excluding carboxylic acids is 2. The Bertz CT molecular complexity index is 585. The lowest BCUT2D eigenvalue weighted by molar-refractivity contribution is -0.124. The summed E-state index contributed by atoms with van der Waals surface area (Å²) in [6, 6.07) is 14.1. The molecule has 2 nitrogen and oxygen atoms in total. The number of rotatable bonds is 4. The standard InChI is InChI=1S/C15H14O2Si/c1-10(16)15(11(2)17)18-14-9-5-7-12-6-3-4-8-13(12)14/h3-9,15H,1-2H3. The van der Waals surface area contributed by atoms with Gasteiger partial charge in [0.15, 0.2) is 0 Å². The molecule has 0 aromatic heterocycles. The van der Waals surface area contributed by atoms with E-state index in [1.807, 2.05) is 42.5 Å². The van der Waals surface area contributed by atoms with Crippen LogP contribution in [0.3, 0.4) is 0 Å². The average Bonchev–Trinajstić information content (AvgIpc) is 2.35. The molecule has 0 saturated heterocycles. The summed E-state index contributed by atoms with van der Waals surface area (Å²) in [5, 5.41) is 3.36. The molecular formula is C15H14O2Si. The molecule has 0 N–H and O–H groups in total. The van der Waals surface area contributed by atoms with Gasteiger partial charge in [0.1, 0.15) is 21.1 Å². The van der Waals surface area contributed by atoms with Crippen molar-refractivity contribution in [2.24, 2.45) is 0 Å². The minimum Gasteiger partial charge on any atom is -0.300 e. The second-order valence-electron chi connectivity index (χ2n) is 4.33. The average molecular weight is 254 g/mol. The molecule has 0 saturated carbocycles. The van der Waals surface area contributed by atoms with Gasteiger partial charge in [-0.3, -0.25) is 9.59 Å². The normalized spacial score (nSPS) is 10.8. The molecule has 2 radical (unpaired) electrons. The number of hydrogen-bond donors (Lipinski definition) is 0. The largest absolute Gasteiger partial charge is 0.300 e. The predicted molar refractivity (Wildman–Crippen MR) is 74.4 cm³/mol. The molecule has 0 heterocycles. The van der Waals surface area contributed by atoms with E-state index in [2.05, 4.69) is 0 Å². The lowest BCUT2D eigenvalue weighted by atomic mass is 10.1. The Balaban J connectivity index is 2.42. The molecule has 3 heteroatoms. The topological polar surface area (TPSA) is 34.1 Å². The van der Waals surface area contributed by atoms with Crippen LogP contribution in [0.2, 0.25) is 5.54 Å². The van der Waals surface area contributed by atoms with Gasteiger partial charge in [0.05, 0.1) is 5.54 Å². The molecule has 2 rings (SSSR count). The highest BCUT2D eigenvalue weighted by atomic mass is 28.2. The predicted octanol–water partition coefficient (Wildman–Crippen LogP) is 2.14. The van der Waals surface area contributed by atoms with Crippen molar-refractivity contribution < 1.29 is 9.59 Å². The van der Waals surface area contributed by atoms with Gasteiger partial charge in [-0.2, -0.15) is 0 Å². The van der Waals surface area contributed by atoms with Gasteiger partial charge in [-0.05, 0) is 24.6 Å². The van der Waals surface area contributed by atoms with Crippen molar-refractivity contribution in [1.82, 2.24) is 0 Å². The van der Waals surface area contributed by atoms with Crippen molar-refractivity contribution in [2.75, 3.05) is 0 Å². The van der Waals surface area contributed by atoms with Crippen molar-refractivity contribution in [3.05, 3.63) is 42.5 Å². The maximum atomic E-state index is 11.5. The van der Waals surface area contributed by atoms with Crippen LogP contribution in [-0.2, 0) is 9.59 Å². The van der Waals surface area contributed by atoms with Crippen LogP contribution < -0.4 is 5.19 Å². The summed E-state index contributed by atoms with van der Waals surface area (Å²) in [6.07, 6.45) is 0. The zero-order valence-corrected chi connectivity index (χ0v) is 11.4. The van der Waals surface area contributed by atoms with E-state index in [-0.39, 0.29) is 21.1 Å². The molecule has 0 fully saturated rings. The molecule has 0 aliphatic rings. The molecule has 0 bridgehead atoms. The molecule has 2 aromatic carbocycles. The van der Waals surface area contributed by atoms with E-state index in [4.69, 9.17) is 0 Å². The highest BCUT2D eigenvalue weighted by molar-refractivity contribution is 6.66. The zero-order chi connectivity index (χ0) is 13.1. The molecule has 0 atom stereocenters. The smallest absolute Gasteiger partial charge is 0.137 e. The number of hydrogen-bond acceptors (Lipinski definition) is 2. The van der Waals surface area contributed by atoms with Crippen LogP contribution in [0.4, 0.5) is 0 Å². The summed E-state index contributed by atoms with van der Waals surface area (Å²) < 4.78 is 0. The van der Waals surface area contributed by atoms with Crippen LogP contribution in [0.25, 0.3) is 10.8 Å². The molecule has 0 aliphatic carbocycles. The highest BCUT2D eigenvalue weighted by Crippen LogP contribution is 2.13. The van der Waals surface area contributed by atoms with E-state index in [9.17, 15) is 9.59 Å². The first-order valence-corrected chi connectivity index (χ1v) is 6.92. The highest BCUT2D eigenvalue weighted by Gasteiger charge is 2.21. The van der Waals surface area contributed by atoms with E-state index < -0.39 is 5.54 Å². The van der Waals surface area contributed by atoms with E-state index in [0.717, 1.165) is 16.0 Å². The quantitative estimate of drug-likeness (QED) is 0.619. The van der Waals surface area contributed by atoms with E-state index in [1.54, 1.807) is 0 Å². The fourth-order valence-electron chi connectivity index (χ4n) is 2.00. The van der Waals surface area contributed by atoms with Crippen LogP contribution in [-0.4, -0.2) is 21.1 Å². The van der Waals surface area contributed by atoms with Gasteiger partial charge in [-0.25, -0.2) is 0 Å². The first-order valence-electron chi connectivity index (χ1n) is 5.85. The lowest BCUT2D eigenvalue weighted by Gasteiger charge is -2.11. The van der Waals surface area contributed by atoms with Crippen LogP contribution >= 0.6 is 0 Å². The SMILES string of the molecule is CC(=O)C([Si]c1cccc2ccccc12)C(C)=O. The Morgan fingerprint density at radius 2 is 1.56 bits per heavy atom. The van der Waals surface area contributed by atoms with E-state index >= 15 is 0 Å². The Hall–Kier alpha value is -1.74. The summed E-state index contributed by atoms with van der Waals surface area (Å²) in [5.74, 6) is -0.0949.